The normalized spacial score (nSPS) is 25.3. The molecule has 9 heteroatoms. The minimum atomic E-state index is -4.37. The zero-order valence-electron chi connectivity index (χ0n) is 16.9. The van der Waals surface area contributed by atoms with Gasteiger partial charge in [-0.05, 0) is 58.2 Å². The summed E-state index contributed by atoms with van der Waals surface area (Å²) in [7, 11) is 0. The van der Waals surface area contributed by atoms with Crippen molar-refractivity contribution in [1.82, 2.24) is 20.6 Å². The maximum absolute atomic E-state index is 12.8. The van der Waals surface area contributed by atoms with E-state index in [-0.39, 0.29) is 29.9 Å². The number of aryl methyl sites for hydroxylation is 1. The highest BCUT2D eigenvalue weighted by Crippen LogP contribution is 2.41. The molecule has 0 aliphatic carbocycles. The van der Waals surface area contributed by atoms with E-state index < -0.39 is 17.3 Å². The van der Waals surface area contributed by atoms with Crippen LogP contribution in [0.2, 0.25) is 0 Å². The Morgan fingerprint density at radius 3 is 2.37 bits per heavy atom. The number of amides is 1. The quantitative estimate of drug-likeness (QED) is 0.728. The maximum Gasteiger partial charge on any atom is 0.416 e. The molecule has 5 nitrogen and oxygen atoms in total. The van der Waals surface area contributed by atoms with Crippen molar-refractivity contribution in [3.63, 3.8) is 0 Å². The second-order valence-electron chi connectivity index (χ2n) is 8.66. The van der Waals surface area contributed by atoms with Crippen molar-refractivity contribution in [2.45, 2.75) is 63.3 Å². The van der Waals surface area contributed by atoms with Crippen molar-refractivity contribution in [2.75, 3.05) is 0 Å². The standard InChI is InChI=1S/C21H23F3N4O.ClH/c1-12-10-16(13-4-6-14(7-5-13)21(22,23)24)26-17(25-12)15-8-9-20(27-15)11-19(2,3)28-18(20)29;/h4-7,10,15,27H,8-9,11H2,1-3H3,(H,28,29);1H/t15-,20-;/m1./s1. The second-order valence-corrected chi connectivity index (χ2v) is 8.66. The number of benzene rings is 1. The Bertz CT molecular complexity index is 962. The van der Waals surface area contributed by atoms with E-state index >= 15 is 0 Å². The number of nitrogens with one attached hydrogen (secondary N) is 2. The van der Waals surface area contributed by atoms with E-state index in [9.17, 15) is 18.0 Å². The second kappa shape index (κ2) is 7.50. The first kappa shape index (κ1) is 22.5. The van der Waals surface area contributed by atoms with Crippen LogP contribution >= 0.6 is 12.4 Å². The van der Waals surface area contributed by atoms with Crippen LogP contribution in [0.15, 0.2) is 30.3 Å². The molecule has 1 spiro atoms. The Labute approximate surface area is 179 Å². The number of hydrogen-bond donors (Lipinski definition) is 2. The van der Waals surface area contributed by atoms with Crippen LogP contribution in [-0.4, -0.2) is 27.0 Å². The van der Waals surface area contributed by atoms with E-state index in [2.05, 4.69) is 20.6 Å². The third-order valence-corrected chi connectivity index (χ3v) is 5.63. The SMILES string of the molecule is Cc1cc(-c2ccc(C(F)(F)F)cc2)nc([C@H]2CC[C@]3(CC(C)(C)NC3=O)N2)n1.Cl. The van der Waals surface area contributed by atoms with E-state index in [1.807, 2.05) is 20.8 Å². The van der Waals surface area contributed by atoms with Gasteiger partial charge in [0.25, 0.3) is 0 Å². The molecular weight excluding hydrogens is 417 g/mol. The molecule has 2 aliphatic rings. The summed E-state index contributed by atoms with van der Waals surface area (Å²) in [6.45, 7) is 5.83. The molecule has 1 aromatic carbocycles. The zero-order valence-corrected chi connectivity index (χ0v) is 17.7. The van der Waals surface area contributed by atoms with Crippen molar-refractivity contribution >= 4 is 18.3 Å². The van der Waals surface area contributed by atoms with Gasteiger partial charge in [-0.15, -0.1) is 12.4 Å². The fourth-order valence-corrected chi connectivity index (χ4v) is 4.41. The lowest BCUT2D eigenvalue weighted by Crippen LogP contribution is -2.47. The summed E-state index contributed by atoms with van der Waals surface area (Å²) >= 11 is 0. The summed E-state index contributed by atoms with van der Waals surface area (Å²) in [5.41, 5.74) is 0.316. The molecular formula is C21H24ClF3N4O. The van der Waals surface area contributed by atoms with Crippen molar-refractivity contribution in [2.24, 2.45) is 0 Å². The summed E-state index contributed by atoms with van der Waals surface area (Å²) in [4.78, 5) is 21.7. The van der Waals surface area contributed by atoms with Crippen LogP contribution < -0.4 is 10.6 Å². The van der Waals surface area contributed by atoms with Gasteiger partial charge >= 0.3 is 6.18 Å². The number of hydrogen-bond acceptors (Lipinski definition) is 4. The molecule has 2 saturated heterocycles. The molecule has 2 aromatic rings. The molecule has 3 heterocycles. The van der Waals surface area contributed by atoms with E-state index in [0.29, 0.717) is 29.9 Å². The molecule has 1 aromatic heterocycles. The summed E-state index contributed by atoms with van der Waals surface area (Å²) in [5.74, 6) is 0.565. The maximum atomic E-state index is 12.8. The third kappa shape index (κ3) is 4.16. The third-order valence-electron chi connectivity index (χ3n) is 5.63. The first-order valence-corrected chi connectivity index (χ1v) is 9.61. The van der Waals surface area contributed by atoms with Crippen molar-refractivity contribution in [3.05, 3.63) is 47.4 Å². The van der Waals surface area contributed by atoms with Gasteiger partial charge in [-0.25, -0.2) is 9.97 Å². The van der Waals surface area contributed by atoms with Gasteiger partial charge < -0.3 is 5.32 Å². The average Bonchev–Trinajstić information content (AvgIpc) is 3.14. The predicted molar refractivity (Wildman–Crippen MR) is 109 cm³/mol. The average molecular weight is 441 g/mol. The number of aromatic nitrogens is 2. The summed E-state index contributed by atoms with van der Waals surface area (Å²) in [6.07, 6.45) is -2.27. The highest BCUT2D eigenvalue weighted by atomic mass is 35.5. The number of carbonyl (C=O) groups is 1. The van der Waals surface area contributed by atoms with E-state index in [1.165, 1.54) is 12.1 Å². The molecule has 1 amide bonds. The van der Waals surface area contributed by atoms with Crippen LogP contribution in [0.25, 0.3) is 11.3 Å². The van der Waals surface area contributed by atoms with Gasteiger partial charge in [0.05, 0.1) is 17.3 Å². The Hall–Kier alpha value is -2.19. The molecule has 0 saturated carbocycles. The molecule has 2 N–H and O–H groups in total. The largest absolute Gasteiger partial charge is 0.416 e. The number of rotatable bonds is 2. The van der Waals surface area contributed by atoms with Gasteiger partial charge in [-0.3, -0.25) is 10.1 Å². The molecule has 4 rings (SSSR count). The lowest BCUT2D eigenvalue weighted by molar-refractivity contribution is -0.137. The molecule has 2 aliphatic heterocycles. The topological polar surface area (TPSA) is 66.9 Å². The molecule has 30 heavy (non-hydrogen) atoms. The zero-order chi connectivity index (χ0) is 21.0. The fraction of sp³-hybridized carbons (Fsp3) is 0.476. The van der Waals surface area contributed by atoms with Crippen molar-refractivity contribution in [3.8, 4) is 11.3 Å². The first-order valence-electron chi connectivity index (χ1n) is 9.61. The molecule has 0 bridgehead atoms. The first-order chi connectivity index (χ1) is 13.5. The van der Waals surface area contributed by atoms with Gasteiger partial charge in [0.1, 0.15) is 11.4 Å². The highest BCUT2D eigenvalue weighted by Gasteiger charge is 2.54. The minimum Gasteiger partial charge on any atom is -0.350 e. The lowest BCUT2D eigenvalue weighted by atomic mass is 9.88. The van der Waals surface area contributed by atoms with Gasteiger partial charge in [0.15, 0.2) is 0 Å². The molecule has 0 radical (unpaired) electrons. The molecule has 162 valence electrons. The number of nitrogens with zero attached hydrogens (tertiary/aromatic N) is 2. The summed E-state index contributed by atoms with van der Waals surface area (Å²) in [6, 6.07) is 6.53. The van der Waals surface area contributed by atoms with E-state index in [0.717, 1.165) is 24.2 Å². The minimum absolute atomic E-state index is 0. The van der Waals surface area contributed by atoms with Crippen LogP contribution in [0.4, 0.5) is 13.2 Å². The van der Waals surface area contributed by atoms with Crippen LogP contribution in [0.1, 0.15) is 56.2 Å². The number of alkyl halides is 3. The van der Waals surface area contributed by atoms with E-state index in [4.69, 9.17) is 0 Å². The Morgan fingerprint density at radius 2 is 1.80 bits per heavy atom. The smallest absolute Gasteiger partial charge is 0.350 e. The number of halogens is 4. The monoisotopic (exact) mass is 440 g/mol. The highest BCUT2D eigenvalue weighted by molar-refractivity contribution is 5.90. The Morgan fingerprint density at radius 1 is 1.13 bits per heavy atom. The Balaban J connectivity index is 0.00000256. The van der Waals surface area contributed by atoms with Crippen LogP contribution in [0.3, 0.4) is 0 Å². The lowest BCUT2D eigenvalue weighted by Gasteiger charge is -2.23. The van der Waals surface area contributed by atoms with Crippen LogP contribution in [0, 0.1) is 6.92 Å². The Kier molecular flexibility index (Phi) is 5.62. The van der Waals surface area contributed by atoms with E-state index in [1.54, 1.807) is 6.07 Å². The summed E-state index contributed by atoms with van der Waals surface area (Å²) < 4.78 is 38.5. The fourth-order valence-electron chi connectivity index (χ4n) is 4.41. The van der Waals surface area contributed by atoms with Gasteiger partial charge in [0, 0.05) is 16.8 Å². The molecule has 2 atom stereocenters. The van der Waals surface area contributed by atoms with Gasteiger partial charge in [-0.2, -0.15) is 13.2 Å². The molecule has 2 fully saturated rings. The van der Waals surface area contributed by atoms with Crippen molar-refractivity contribution < 1.29 is 18.0 Å². The van der Waals surface area contributed by atoms with Gasteiger partial charge in [0.2, 0.25) is 5.91 Å². The van der Waals surface area contributed by atoms with Crippen molar-refractivity contribution in [1.29, 1.82) is 0 Å². The number of carbonyl (C=O) groups excluding carboxylic acids is 1. The molecule has 0 unspecified atom stereocenters. The predicted octanol–water partition coefficient (Wildman–Crippen LogP) is 4.35. The summed E-state index contributed by atoms with van der Waals surface area (Å²) in [5, 5.41) is 6.47. The van der Waals surface area contributed by atoms with Gasteiger partial charge in [-0.1, -0.05) is 12.1 Å². The van der Waals surface area contributed by atoms with Crippen LogP contribution in [-0.2, 0) is 11.0 Å². The van der Waals surface area contributed by atoms with Crippen LogP contribution in [0.5, 0.6) is 0 Å².